The first-order valence-corrected chi connectivity index (χ1v) is 8.77. The molecule has 0 aliphatic rings. The van der Waals surface area contributed by atoms with Crippen LogP contribution in [0.2, 0.25) is 0 Å². The maximum atomic E-state index is 12.6. The Morgan fingerprint density at radius 3 is 2.07 bits per heavy atom. The molecule has 0 unspecified atom stereocenters. The van der Waals surface area contributed by atoms with Crippen molar-refractivity contribution in [3.05, 3.63) is 59.7 Å². The third kappa shape index (κ3) is 6.66. The van der Waals surface area contributed by atoms with Gasteiger partial charge in [0.05, 0.1) is 6.61 Å². The summed E-state index contributed by atoms with van der Waals surface area (Å²) in [7, 11) is 1.74. The SMILES string of the molecule is CC(C)COc1ccc(C(=O)N(C)Cc2ccc(OCC(=O)O)cc2)cc1. The van der Waals surface area contributed by atoms with Gasteiger partial charge >= 0.3 is 5.97 Å². The van der Waals surface area contributed by atoms with E-state index in [1.807, 2.05) is 12.1 Å². The number of benzene rings is 2. The van der Waals surface area contributed by atoms with E-state index in [4.69, 9.17) is 14.6 Å². The zero-order valence-corrected chi connectivity index (χ0v) is 15.8. The summed E-state index contributed by atoms with van der Waals surface area (Å²) in [6.07, 6.45) is 0. The molecule has 6 nitrogen and oxygen atoms in total. The lowest BCUT2D eigenvalue weighted by Crippen LogP contribution is -2.26. The largest absolute Gasteiger partial charge is 0.493 e. The minimum Gasteiger partial charge on any atom is -0.493 e. The van der Waals surface area contributed by atoms with Gasteiger partial charge in [-0.3, -0.25) is 4.79 Å². The molecule has 2 aromatic carbocycles. The van der Waals surface area contributed by atoms with Crippen LogP contribution in [0.4, 0.5) is 0 Å². The number of hydrogen-bond acceptors (Lipinski definition) is 4. The zero-order chi connectivity index (χ0) is 19.8. The Hall–Kier alpha value is -3.02. The van der Waals surface area contributed by atoms with Gasteiger partial charge in [-0.15, -0.1) is 0 Å². The molecule has 2 rings (SSSR count). The number of carbonyl (C=O) groups excluding carboxylic acids is 1. The summed E-state index contributed by atoms with van der Waals surface area (Å²) < 4.78 is 10.7. The molecule has 0 saturated carbocycles. The molecule has 0 atom stereocenters. The van der Waals surface area contributed by atoms with Crippen molar-refractivity contribution < 1.29 is 24.2 Å². The molecule has 0 saturated heterocycles. The molecule has 0 fully saturated rings. The van der Waals surface area contributed by atoms with Gasteiger partial charge in [0.1, 0.15) is 11.5 Å². The molecule has 144 valence electrons. The van der Waals surface area contributed by atoms with E-state index >= 15 is 0 Å². The maximum Gasteiger partial charge on any atom is 0.341 e. The van der Waals surface area contributed by atoms with Crippen LogP contribution in [-0.2, 0) is 11.3 Å². The molecule has 1 N–H and O–H groups in total. The third-order valence-electron chi connectivity index (χ3n) is 3.74. The molecule has 0 aromatic heterocycles. The number of carboxylic acids is 1. The molecule has 27 heavy (non-hydrogen) atoms. The summed E-state index contributed by atoms with van der Waals surface area (Å²) in [6, 6.07) is 14.1. The van der Waals surface area contributed by atoms with Crippen LogP contribution in [0.15, 0.2) is 48.5 Å². The first-order valence-electron chi connectivity index (χ1n) is 8.77. The Kier molecular flexibility index (Phi) is 7.23. The van der Waals surface area contributed by atoms with Crippen LogP contribution in [0, 0.1) is 5.92 Å². The van der Waals surface area contributed by atoms with E-state index in [0.717, 1.165) is 11.3 Å². The summed E-state index contributed by atoms with van der Waals surface area (Å²) in [4.78, 5) is 24.7. The summed E-state index contributed by atoms with van der Waals surface area (Å²) >= 11 is 0. The van der Waals surface area contributed by atoms with Gasteiger partial charge in [-0.05, 0) is 47.9 Å². The first kappa shape index (κ1) is 20.3. The van der Waals surface area contributed by atoms with E-state index in [0.29, 0.717) is 30.4 Å². The van der Waals surface area contributed by atoms with Crippen LogP contribution >= 0.6 is 0 Å². The van der Waals surface area contributed by atoms with Crippen molar-refractivity contribution in [3.8, 4) is 11.5 Å². The minimum atomic E-state index is -1.02. The second-order valence-corrected chi connectivity index (χ2v) is 6.72. The predicted octanol–water partition coefficient (Wildman–Crippen LogP) is 3.46. The second kappa shape index (κ2) is 9.62. The molecule has 0 aliphatic heterocycles. The minimum absolute atomic E-state index is 0.0865. The molecule has 1 amide bonds. The fourth-order valence-corrected chi connectivity index (χ4v) is 2.36. The van der Waals surface area contributed by atoms with Crippen LogP contribution in [0.25, 0.3) is 0 Å². The molecule has 6 heteroatoms. The van der Waals surface area contributed by atoms with Gasteiger partial charge in [-0.25, -0.2) is 4.79 Å². The van der Waals surface area contributed by atoms with Crippen LogP contribution in [-0.4, -0.2) is 42.1 Å². The van der Waals surface area contributed by atoms with Gasteiger partial charge in [-0.2, -0.15) is 0 Å². The standard InChI is InChI=1S/C21H25NO5/c1-15(2)13-26-19-10-6-17(7-11-19)21(25)22(3)12-16-4-8-18(9-5-16)27-14-20(23)24/h4-11,15H,12-14H2,1-3H3,(H,23,24). The molecule has 0 radical (unpaired) electrons. The van der Waals surface area contributed by atoms with Crippen molar-refractivity contribution in [2.75, 3.05) is 20.3 Å². The maximum absolute atomic E-state index is 12.6. The Morgan fingerprint density at radius 1 is 0.963 bits per heavy atom. The highest BCUT2D eigenvalue weighted by molar-refractivity contribution is 5.94. The number of carbonyl (C=O) groups is 2. The lowest BCUT2D eigenvalue weighted by Gasteiger charge is -2.18. The monoisotopic (exact) mass is 371 g/mol. The van der Waals surface area contributed by atoms with Gasteiger partial charge in [-0.1, -0.05) is 26.0 Å². The summed E-state index contributed by atoms with van der Waals surface area (Å²) in [5, 5.41) is 8.61. The summed E-state index contributed by atoms with van der Waals surface area (Å²) in [5.74, 6) is 0.562. The predicted molar refractivity (Wildman–Crippen MR) is 102 cm³/mol. The van der Waals surface area contributed by atoms with Gasteiger partial charge in [0.2, 0.25) is 0 Å². The lowest BCUT2D eigenvalue weighted by atomic mass is 10.1. The van der Waals surface area contributed by atoms with E-state index < -0.39 is 5.97 Å². The van der Waals surface area contributed by atoms with Gasteiger partial charge in [0, 0.05) is 19.2 Å². The molecule has 0 heterocycles. The van der Waals surface area contributed by atoms with E-state index in [-0.39, 0.29) is 12.5 Å². The number of carboxylic acid groups (broad SMARTS) is 1. The van der Waals surface area contributed by atoms with E-state index in [9.17, 15) is 9.59 Å². The van der Waals surface area contributed by atoms with Crippen LogP contribution in [0.3, 0.4) is 0 Å². The average molecular weight is 371 g/mol. The fraction of sp³-hybridized carbons (Fsp3) is 0.333. The van der Waals surface area contributed by atoms with Crippen LogP contribution in [0.5, 0.6) is 11.5 Å². The fourth-order valence-electron chi connectivity index (χ4n) is 2.36. The van der Waals surface area contributed by atoms with E-state index in [2.05, 4.69) is 13.8 Å². The summed E-state index contributed by atoms with van der Waals surface area (Å²) in [5.41, 5.74) is 1.52. The molecular weight excluding hydrogens is 346 g/mol. The Morgan fingerprint density at radius 2 is 1.52 bits per heavy atom. The highest BCUT2D eigenvalue weighted by Crippen LogP contribution is 2.17. The van der Waals surface area contributed by atoms with Gasteiger partial charge in [0.25, 0.3) is 5.91 Å². The van der Waals surface area contributed by atoms with Crippen LogP contribution in [0.1, 0.15) is 29.8 Å². The zero-order valence-electron chi connectivity index (χ0n) is 15.8. The average Bonchev–Trinajstić information content (AvgIpc) is 2.65. The Balaban J connectivity index is 1.91. The molecule has 2 aromatic rings. The molecule has 0 aliphatic carbocycles. The number of amides is 1. The number of nitrogens with zero attached hydrogens (tertiary/aromatic N) is 1. The molecule has 0 spiro atoms. The van der Waals surface area contributed by atoms with Crippen molar-refractivity contribution in [2.45, 2.75) is 20.4 Å². The second-order valence-electron chi connectivity index (χ2n) is 6.72. The summed E-state index contributed by atoms with van der Waals surface area (Å²) in [6.45, 7) is 4.85. The van der Waals surface area contributed by atoms with E-state index in [1.54, 1.807) is 48.3 Å². The normalized spacial score (nSPS) is 10.5. The van der Waals surface area contributed by atoms with Gasteiger partial charge in [0.15, 0.2) is 6.61 Å². The Bertz CT molecular complexity index is 753. The first-order chi connectivity index (χ1) is 12.8. The number of ether oxygens (including phenoxy) is 2. The number of rotatable bonds is 9. The highest BCUT2D eigenvalue weighted by Gasteiger charge is 2.12. The molecular formula is C21H25NO5. The van der Waals surface area contributed by atoms with Crippen molar-refractivity contribution in [3.63, 3.8) is 0 Å². The topological polar surface area (TPSA) is 76.1 Å². The smallest absolute Gasteiger partial charge is 0.341 e. The van der Waals surface area contributed by atoms with Gasteiger partial charge < -0.3 is 19.5 Å². The van der Waals surface area contributed by atoms with Crippen LogP contribution < -0.4 is 9.47 Å². The Labute approximate surface area is 159 Å². The number of hydrogen-bond donors (Lipinski definition) is 1. The van der Waals surface area contributed by atoms with Crippen molar-refractivity contribution in [1.29, 1.82) is 0 Å². The number of aliphatic carboxylic acids is 1. The van der Waals surface area contributed by atoms with E-state index in [1.165, 1.54) is 0 Å². The highest BCUT2D eigenvalue weighted by atomic mass is 16.5. The van der Waals surface area contributed by atoms with Crippen molar-refractivity contribution >= 4 is 11.9 Å². The third-order valence-corrected chi connectivity index (χ3v) is 3.74. The van der Waals surface area contributed by atoms with Crippen molar-refractivity contribution in [1.82, 2.24) is 4.90 Å². The quantitative estimate of drug-likeness (QED) is 0.731. The molecule has 0 bridgehead atoms. The van der Waals surface area contributed by atoms with Crippen molar-refractivity contribution in [2.24, 2.45) is 5.92 Å². The lowest BCUT2D eigenvalue weighted by molar-refractivity contribution is -0.139.